The molecule has 3 heterocycles. The van der Waals surface area contributed by atoms with Gasteiger partial charge in [-0.25, -0.2) is 9.78 Å². The first-order valence-corrected chi connectivity index (χ1v) is 10.1. The molecule has 2 fully saturated rings. The maximum absolute atomic E-state index is 13.0. The summed E-state index contributed by atoms with van der Waals surface area (Å²) in [6.07, 6.45) is 3.43. The summed E-state index contributed by atoms with van der Waals surface area (Å²) in [5.74, 6) is 0.530. The summed E-state index contributed by atoms with van der Waals surface area (Å²) in [7, 11) is 0. The van der Waals surface area contributed by atoms with E-state index in [-0.39, 0.29) is 12.0 Å². The van der Waals surface area contributed by atoms with Crippen molar-refractivity contribution in [2.24, 2.45) is 0 Å². The molecule has 0 spiro atoms. The summed E-state index contributed by atoms with van der Waals surface area (Å²) in [4.78, 5) is 33.0. The first-order chi connectivity index (χ1) is 12.7. The van der Waals surface area contributed by atoms with Gasteiger partial charge in [-0.2, -0.15) is 0 Å². The van der Waals surface area contributed by atoms with E-state index in [9.17, 15) is 9.59 Å². The molecular weight excluding hydrogens is 414 g/mol. The molecule has 0 aromatic carbocycles. The van der Waals surface area contributed by atoms with Crippen LogP contribution < -0.4 is 4.74 Å². The summed E-state index contributed by atoms with van der Waals surface area (Å²) < 4.78 is 12.2. The average Bonchev–Trinajstić information content (AvgIpc) is 3.24. The first-order valence-electron chi connectivity index (χ1n) is 9.29. The van der Waals surface area contributed by atoms with Crippen LogP contribution in [-0.2, 0) is 9.53 Å². The summed E-state index contributed by atoms with van der Waals surface area (Å²) in [5.41, 5.74) is -0.572. The normalized spacial score (nSPS) is 22.8. The molecule has 0 N–H and O–H groups in total. The molecule has 27 heavy (non-hydrogen) atoms. The minimum Gasteiger partial charge on any atom is -0.472 e. The number of ether oxygens (including phenoxy) is 2. The predicted octanol–water partition coefficient (Wildman–Crippen LogP) is 3.22. The summed E-state index contributed by atoms with van der Waals surface area (Å²) in [6, 6.07) is 3.23. The molecule has 1 aromatic heterocycles. The maximum Gasteiger partial charge on any atom is 0.410 e. The Hall–Kier alpha value is -1.83. The summed E-state index contributed by atoms with van der Waals surface area (Å²) in [5, 5.41) is 0. The van der Waals surface area contributed by atoms with Crippen molar-refractivity contribution >= 4 is 27.9 Å². The van der Waals surface area contributed by atoms with E-state index in [1.54, 1.807) is 22.1 Å². The van der Waals surface area contributed by atoms with Crippen molar-refractivity contribution in [3.63, 3.8) is 0 Å². The highest BCUT2D eigenvalue weighted by Crippen LogP contribution is 2.25. The lowest BCUT2D eigenvalue weighted by molar-refractivity contribution is -0.135. The van der Waals surface area contributed by atoms with E-state index in [0.717, 1.165) is 17.3 Å². The number of carbonyl (C=O) groups excluding carboxylic acids is 2. The lowest BCUT2D eigenvalue weighted by Gasteiger charge is -2.30. The smallest absolute Gasteiger partial charge is 0.410 e. The van der Waals surface area contributed by atoms with Gasteiger partial charge in [-0.1, -0.05) is 0 Å². The van der Waals surface area contributed by atoms with Gasteiger partial charge >= 0.3 is 6.09 Å². The van der Waals surface area contributed by atoms with Crippen LogP contribution in [0.3, 0.4) is 0 Å². The lowest BCUT2D eigenvalue weighted by Crippen LogP contribution is -2.48. The molecule has 3 rings (SSSR count). The van der Waals surface area contributed by atoms with Crippen LogP contribution in [0.25, 0.3) is 0 Å². The quantitative estimate of drug-likeness (QED) is 0.722. The van der Waals surface area contributed by atoms with Gasteiger partial charge in [0.15, 0.2) is 0 Å². The highest BCUT2D eigenvalue weighted by molar-refractivity contribution is 9.10. The highest BCUT2D eigenvalue weighted by atomic mass is 79.9. The third kappa shape index (κ3) is 5.12. The molecule has 2 saturated heterocycles. The van der Waals surface area contributed by atoms with Crippen molar-refractivity contribution in [3.8, 4) is 5.88 Å². The van der Waals surface area contributed by atoms with Crippen molar-refractivity contribution in [2.45, 2.75) is 57.8 Å². The number of amides is 2. The van der Waals surface area contributed by atoms with Crippen LogP contribution >= 0.6 is 15.9 Å². The zero-order valence-corrected chi connectivity index (χ0v) is 17.6. The van der Waals surface area contributed by atoms with Gasteiger partial charge in [-0.05, 0) is 55.6 Å². The number of halogens is 1. The first kappa shape index (κ1) is 19.9. The van der Waals surface area contributed by atoms with Crippen LogP contribution in [0.2, 0.25) is 0 Å². The van der Waals surface area contributed by atoms with Gasteiger partial charge in [0.2, 0.25) is 11.8 Å². The zero-order valence-electron chi connectivity index (χ0n) is 16.0. The van der Waals surface area contributed by atoms with Crippen molar-refractivity contribution < 1.29 is 19.1 Å². The fourth-order valence-corrected chi connectivity index (χ4v) is 3.64. The van der Waals surface area contributed by atoms with Crippen LogP contribution in [0.5, 0.6) is 5.88 Å². The second-order valence-electron chi connectivity index (χ2n) is 7.96. The Labute approximate surface area is 168 Å². The molecule has 1 aromatic rings. The zero-order chi connectivity index (χ0) is 19.6. The van der Waals surface area contributed by atoms with E-state index in [1.165, 1.54) is 0 Å². The average molecular weight is 440 g/mol. The fraction of sp³-hybridized carbons (Fsp3) is 0.632. The van der Waals surface area contributed by atoms with E-state index < -0.39 is 17.7 Å². The van der Waals surface area contributed by atoms with Crippen LogP contribution in [0, 0.1) is 0 Å². The molecule has 2 aliphatic rings. The minimum atomic E-state index is -0.572. The molecular formula is C19H26BrN3O4. The second kappa shape index (κ2) is 8.04. The Morgan fingerprint density at radius 2 is 2.00 bits per heavy atom. The van der Waals surface area contributed by atoms with Gasteiger partial charge in [0.05, 0.1) is 6.54 Å². The third-order valence-corrected chi connectivity index (χ3v) is 5.08. The molecule has 2 amide bonds. The fourth-order valence-electron chi connectivity index (χ4n) is 3.40. The Morgan fingerprint density at radius 3 is 2.67 bits per heavy atom. The van der Waals surface area contributed by atoms with Gasteiger partial charge in [0.1, 0.15) is 17.7 Å². The molecule has 2 unspecified atom stereocenters. The number of pyridine rings is 1. The molecule has 2 atom stereocenters. The van der Waals surface area contributed by atoms with Crippen molar-refractivity contribution in [1.29, 1.82) is 0 Å². The topological polar surface area (TPSA) is 72.0 Å². The lowest BCUT2D eigenvalue weighted by atomic mass is 10.2. The molecule has 8 heteroatoms. The third-order valence-electron chi connectivity index (χ3n) is 4.61. The Morgan fingerprint density at radius 1 is 1.22 bits per heavy atom. The summed E-state index contributed by atoms with van der Waals surface area (Å²) >= 11 is 3.35. The van der Waals surface area contributed by atoms with Gasteiger partial charge < -0.3 is 14.4 Å². The summed E-state index contributed by atoms with van der Waals surface area (Å²) in [6.45, 7) is 7.18. The van der Waals surface area contributed by atoms with Crippen LogP contribution in [0.4, 0.5) is 4.79 Å². The van der Waals surface area contributed by atoms with Crippen LogP contribution in [0.15, 0.2) is 22.8 Å². The molecule has 7 nitrogen and oxygen atoms in total. The molecule has 148 valence electrons. The molecule has 2 aliphatic heterocycles. The number of nitrogens with zero attached hydrogens (tertiary/aromatic N) is 3. The highest BCUT2D eigenvalue weighted by Gasteiger charge is 2.40. The van der Waals surface area contributed by atoms with E-state index in [2.05, 4.69) is 20.9 Å². The van der Waals surface area contributed by atoms with E-state index in [0.29, 0.717) is 31.9 Å². The number of likely N-dealkylation sites (tertiary alicyclic amines) is 2. The van der Waals surface area contributed by atoms with Crippen molar-refractivity contribution in [3.05, 3.63) is 22.8 Å². The van der Waals surface area contributed by atoms with E-state index in [1.807, 2.05) is 26.8 Å². The Balaban J connectivity index is 1.57. The standard InChI is InChI=1S/C19H26BrN3O4/c1-19(2,3)27-18(25)23-9-4-5-15(23)17(24)22-10-8-14(12-22)26-16-7-6-13(20)11-21-16/h6-7,11,14-15H,4-5,8-10,12H2,1-3H3. The Kier molecular flexibility index (Phi) is 5.93. The number of hydrogen-bond acceptors (Lipinski definition) is 5. The minimum absolute atomic E-state index is 0.0202. The molecule has 0 radical (unpaired) electrons. The van der Waals surface area contributed by atoms with Gasteiger partial charge in [-0.3, -0.25) is 9.69 Å². The van der Waals surface area contributed by atoms with Gasteiger partial charge in [-0.15, -0.1) is 0 Å². The number of aromatic nitrogens is 1. The Bertz CT molecular complexity index is 689. The number of hydrogen-bond donors (Lipinski definition) is 0. The van der Waals surface area contributed by atoms with Gasteiger partial charge in [0.25, 0.3) is 0 Å². The second-order valence-corrected chi connectivity index (χ2v) is 8.87. The largest absolute Gasteiger partial charge is 0.472 e. The van der Waals surface area contributed by atoms with E-state index >= 15 is 0 Å². The van der Waals surface area contributed by atoms with Crippen molar-refractivity contribution in [2.75, 3.05) is 19.6 Å². The van der Waals surface area contributed by atoms with Crippen LogP contribution in [-0.4, -0.2) is 64.2 Å². The SMILES string of the molecule is CC(C)(C)OC(=O)N1CCCC1C(=O)N1CCC(Oc2ccc(Br)cn2)C1. The monoisotopic (exact) mass is 439 g/mol. The number of carbonyl (C=O) groups is 2. The van der Waals surface area contributed by atoms with Crippen molar-refractivity contribution in [1.82, 2.24) is 14.8 Å². The van der Waals surface area contributed by atoms with Crippen LogP contribution in [0.1, 0.15) is 40.0 Å². The molecule has 0 saturated carbocycles. The maximum atomic E-state index is 13.0. The number of rotatable bonds is 3. The van der Waals surface area contributed by atoms with E-state index in [4.69, 9.17) is 9.47 Å². The molecule has 0 bridgehead atoms. The molecule has 0 aliphatic carbocycles. The predicted molar refractivity (Wildman–Crippen MR) is 104 cm³/mol. The van der Waals surface area contributed by atoms with Gasteiger partial charge in [0, 0.05) is 36.2 Å².